The highest BCUT2D eigenvalue weighted by Gasteiger charge is 2.16. The lowest BCUT2D eigenvalue weighted by atomic mass is 10.0. The third-order valence-corrected chi connectivity index (χ3v) is 4.74. The van der Waals surface area contributed by atoms with E-state index in [1.807, 2.05) is 0 Å². The van der Waals surface area contributed by atoms with Crippen LogP contribution >= 0.6 is 11.8 Å². The van der Waals surface area contributed by atoms with E-state index in [0.29, 0.717) is 0 Å². The number of hydrogen-bond acceptors (Lipinski definition) is 3. The highest BCUT2D eigenvalue weighted by molar-refractivity contribution is 8.00. The number of hydrogen-bond donors (Lipinski definition) is 1. The van der Waals surface area contributed by atoms with Crippen LogP contribution in [0.1, 0.15) is 52.4 Å². The maximum absolute atomic E-state index is 5.32. The van der Waals surface area contributed by atoms with Gasteiger partial charge in [0.05, 0.1) is 0 Å². The van der Waals surface area contributed by atoms with Gasteiger partial charge in [-0.3, -0.25) is 0 Å². The molecule has 0 saturated heterocycles. The van der Waals surface area contributed by atoms with Crippen molar-refractivity contribution in [3.63, 3.8) is 0 Å². The van der Waals surface area contributed by atoms with E-state index >= 15 is 0 Å². The van der Waals surface area contributed by atoms with Gasteiger partial charge in [-0.15, -0.1) is 0 Å². The van der Waals surface area contributed by atoms with Gasteiger partial charge in [-0.05, 0) is 32.7 Å². The molecule has 2 nitrogen and oxygen atoms in total. The molecule has 0 radical (unpaired) electrons. The van der Waals surface area contributed by atoms with E-state index < -0.39 is 0 Å². The van der Waals surface area contributed by atoms with E-state index in [1.54, 1.807) is 0 Å². The Balaban J connectivity index is 1.91. The first kappa shape index (κ1) is 15.3. The van der Waals surface area contributed by atoms with Crippen LogP contribution in [0.4, 0.5) is 0 Å². The molecular weight excluding hydrogens is 230 g/mol. The van der Waals surface area contributed by atoms with Gasteiger partial charge < -0.3 is 10.1 Å². The van der Waals surface area contributed by atoms with Crippen molar-refractivity contribution < 1.29 is 4.74 Å². The minimum Gasteiger partial charge on any atom is -0.382 e. The van der Waals surface area contributed by atoms with E-state index in [-0.39, 0.29) is 0 Å². The molecule has 1 unspecified atom stereocenters. The van der Waals surface area contributed by atoms with Gasteiger partial charge in [0.2, 0.25) is 0 Å². The Labute approximate surface area is 111 Å². The smallest absolute Gasteiger partial charge is 0.0477 e. The van der Waals surface area contributed by atoms with Crippen LogP contribution in [0.5, 0.6) is 0 Å². The number of thioether (sulfide) groups is 1. The molecule has 0 aromatic carbocycles. The molecule has 1 N–H and O–H groups in total. The van der Waals surface area contributed by atoms with Gasteiger partial charge in [-0.1, -0.05) is 26.2 Å². The van der Waals surface area contributed by atoms with Gasteiger partial charge in [0.1, 0.15) is 0 Å². The summed E-state index contributed by atoms with van der Waals surface area (Å²) in [7, 11) is 0. The molecule has 1 aliphatic carbocycles. The second kappa shape index (κ2) is 10.2. The third-order valence-electron chi connectivity index (χ3n) is 3.26. The van der Waals surface area contributed by atoms with Crippen LogP contribution in [0.3, 0.4) is 0 Å². The highest BCUT2D eigenvalue weighted by Crippen LogP contribution is 2.30. The van der Waals surface area contributed by atoms with Gasteiger partial charge in [-0.2, -0.15) is 11.8 Å². The lowest BCUT2D eigenvalue weighted by molar-refractivity contribution is 0.145. The van der Waals surface area contributed by atoms with Crippen molar-refractivity contribution in [2.75, 3.05) is 26.3 Å². The van der Waals surface area contributed by atoms with E-state index in [0.717, 1.165) is 43.2 Å². The van der Waals surface area contributed by atoms with Crippen molar-refractivity contribution >= 4 is 11.8 Å². The van der Waals surface area contributed by atoms with Crippen LogP contribution in [-0.2, 0) is 4.74 Å². The Kier molecular flexibility index (Phi) is 9.21. The average molecular weight is 259 g/mol. The molecule has 17 heavy (non-hydrogen) atoms. The maximum Gasteiger partial charge on any atom is 0.0477 e. The average Bonchev–Trinajstić information content (AvgIpc) is 2.35. The lowest BCUT2D eigenvalue weighted by Gasteiger charge is -2.24. The van der Waals surface area contributed by atoms with Crippen molar-refractivity contribution in [3.8, 4) is 0 Å². The number of ether oxygens (including phenoxy) is 1. The summed E-state index contributed by atoms with van der Waals surface area (Å²) in [5.74, 6) is 0. The van der Waals surface area contributed by atoms with Gasteiger partial charge in [-0.25, -0.2) is 0 Å². The molecule has 0 aromatic heterocycles. The zero-order chi connectivity index (χ0) is 12.3. The van der Waals surface area contributed by atoms with Crippen LogP contribution in [0.15, 0.2) is 0 Å². The van der Waals surface area contributed by atoms with Crippen molar-refractivity contribution in [2.24, 2.45) is 0 Å². The minimum atomic E-state index is 0.755. The Hall–Kier alpha value is 0.270. The fourth-order valence-electron chi connectivity index (χ4n) is 2.33. The number of nitrogens with one attached hydrogen (secondary N) is 1. The molecule has 0 bridgehead atoms. The van der Waals surface area contributed by atoms with Gasteiger partial charge >= 0.3 is 0 Å². The second-order valence-corrected chi connectivity index (χ2v) is 6.70. The fraction of sp³-hybridized carbons (Fsp3) is 1.00. The lowest BCUT2D eigenvalue weighted by Crippen LogP contribution is -2.26. The topological polar surface area (TPSA) is 21.3 Å². The van der Waals surface area contributed by atoms with Crippen molar-refractivity contribution in [1.29, 1.82) is 0 Å². The molecule has 1 saturated carbocycles. The van der Waals surface area contributed by atoms with Crippen LogP contribution in [-0.4, -0.2) is 36.8 Å². The van der Waals surface area contributed by atoms with Crippen LogP contribution in [0.25, 0.3) is 0 Å². The predicted molar refractivity (Wildman–Crippen MR) is 77.9 cm³/mol. The third kappa shape index (κ3) is 8.06. The Morgan fingerprint density at radius 2 is 2.06 bits per heavy atom. The zero-order valence-corrected chi connectivity index (χ0v) is 12.4. The summed E-state index contributed by atoms with van der Waals surface area (Å²) in [6, 6.07) is 0. The van der Waals surface area contributed by atoms with E-state index in [9.17, 15) is 0 Å². The first-order valence-electron chi connectivity index (χ1n) is 7.27. The molecule has 0 heterocycles. The Morgan fingerprint density at radius 3 is 2.76 bits per heavy atom. The first-order chi connectivity index (χ1) is 8.33. The van der Waals surface area contributed by atoms with Gasteiger partial charge in [0.25, 0.3) is 0 Å². The molecule has 1 aliphatic rings. The van der Waals surface area contributed by atoms with Gasteiger partial charge in [0, 0.05) is 30.3 Å². The van der Waals surface area contributed by atoms with Crippen molar-refractivity contribution in [3.05, 3.63) is 0 Å². The summed E-state index contributed by atoms with van der Waals surface area (Å²) < 4.78 is 5.32. The molecule has 3 heteroatoms. The van der Waals surface area contributed by atoms with E-state index in [1.165, 1.54) is 32.1 Å². The monoisotopic (exact) mass is 259 g/mol. The minimum absolute atomic E-state index is 0.755. The predicted octanol–water partition coefficient (Wildman–Crippen LogP) is 3.46. The summed E-state index contributed by atoms with van der Waals surface area (Å²) in [5, 5.41) is 5.22. The van der Waals surface area contributed by atoms with Crippen molar-refractivity contribution in [2.45, 2.75) is 62.9 Å². The number of rotatable bonds is 9. The van der Waals surface area contributed by atoms with Crippen molar-refractivity contribution in [1.82, 2.24) is 5.32 Å². The van der Waals surface area contributed by atoms with E-state index in [2.05, 4.69) is 30.9 Å². The summed E-state index contributed by atoms with van der Waals surface area (Å²) in [6.07, 6.45) is 8.38. The van der Waals surface area contributed by atoms with Crippen LogP contribution < -0.4 is 5.32 Å². The SMILES string of the molecule is CCOCCCNCC(C)SC1CCCCC1. The molecule has 1 rings (SSSR count). The summed E-state index contributed by atoms with van der Waals surface area (Å²) >= 11 is 2.20. The highest BCUT2D eigenvalue weighted by atomic mass is 32.2. The molecule has 102 valence electrons. The zero-order valence-electron chi connectivity index (χ0n) is 11.5. The van der Waals surface area contributed by atoms with Gasteiger partial charge in [0.15, 0.2) is 0 Å². The molecule has 0 aromatic rings. The standard InChI is InChI=1S/C14H29NOS/c1-3-16-11-7-10-15-12-13(2)17-14-8-5-4-6-9-14/h13-15H,3-12H2,1-2H3. The quantitative estimate of drug-likeness (QED) is 0.641. The summed E-state index contributed by atoms with van der Waals surface area (Å²) in [5.41, 5.74) is 0. The molecule has 0 amide bonds. The normalized spacial score (nSPS) is 19.4. The molecule has 0 aliphatic heterocycles. The first-order valence-corrected chi connectivity index (χ1v) is 8.21. The maximum atomic E-state index is 5.32. The molecule has 1 atom stereocenters. The second-order valence-electron chi connectivity index (χ2n) is 4.96. The largest absolute Gasteiger partial charge is 0.382 e. The fourth-order valence-corrected chi connectivity index (χ4v) is 3.80. The summed E-state index contributed by atoms with van der Waals surface area (Å²) in [6.45, 7) is 8.38. The Bertz CT molecular complexity index is 172. The molecule has 1 fully saturated rings. The van der Waals surface area contributed by atoms with Crippen LogP contribution in [0.2, 0.25) is 0 Å². The van der Waals surface area contributed by atoms with Crippen LogP contribution in [0, 0.1) is 0 Å². The van der Waals surface area contributed by atoms with E-state index in [4.69, 9.17) is 4.74 Å². The Morgan fingerprint density at radius 1 is 1.29 bits per heavy atom. The molecule has 0 spiro atoms. The molecular formula is C14H29NOS. The summed E-state index contributed by atoms with van der Waals surface area (Å²) in [4.78, 5) is 0.